The van der Waals surface area contributed by atoms with Crippen LogP contribution in [0.3, 0.4) is 0 Å². The highest BCUT2D eigenvalue weighted by molar-refractivity contribution is 5.73. The molecule has 5 nitrogen and oxygen atoms in total. The Morgan fingerprint density at radius 2 is 1.74 bits per heavy atom. The van der Waals surface area contributed by atoms with Gasteiger partial charge in [-0.05, 0) is 72.4 Å². The highest BCUT2D eigenvalue weighted by Gasteiger charge is 2.39. The summed E-state index contributed by atoms with van der Waals surface area (Å²) in [5.74, 6) is 0.409. The van der Waals surface area contributed by atoms with E-state index in [-0.39, 0.29) is 17.9 Å². The first-order valence-electron chi connectivity index (χ1n) is 8.91. The van der Waals surface area contributed by atoms with Crippen molar-refractivity contribution in [3.63, 3.8) is 0 Å². The summed E-state index contributed by atoms with van der Waals surface area (Å²) in [6.45, 7) is 10.1. The molecule has 0 unspecified atom stereocenters. The van der Waals surface area contributed by atoms with Gasteiger partial charge in [-0.2, -0.15) is 0 Å². The second-order valence-corrected chi connectivity index (χ2v) is 7.84. The number of esters is 2. The molecule has 1 heterocycles. The molecule has 1 aliphatic carbocycles. The Morgan fingerprint density at radius 1 is 1.13 bits per heavy atom. The molecule has 2 rings (SSSR count). The van der Waals surface area contributed by atoms with Gasteiger partial charge in [0.25, 0.3) is 0 Å². The Hall–Kier alpha value is -1.10. The summed E-state index contributed by atoms with van der Waals surface area (Å²) in [4.78, 5) is 26.0. The topological polar surface area (TPSA) is 55.8 Å². The number of hydrogen-bond acceptors (Lipinski definition) is 5. The number of ether oxygens (including phenoxy) is 2. The van der Waals surface area contributed by atoms with Gasteiger partial charge in [0.1, 0.15) is 5.60 Å². The van der Waals surface area contributed by atoms with E-state index < -0.39 is 5.60 Å². The van der Waals surface area contributed by atoms with Crippen LogP contribution in [-0.2, 0) is 19.1 Å². The van der Waals surface area contributed by atoms with Gasteiger partial charge in [0.15, 0.2) is 0 Å². The maximum absolute atomic E-state index is 11.9. The minimum absolute atomic E-state index is 0.0384. The fraction of sp³-hybridized carbons (Fsp3) is 0.889. The lowest BCUT2D eigenvalue weighted by Gasteiger charge is -2.44. The number of likely N-dealkylation sites (tertiary alicyclic amines) is 1. The highest BCUT2D eigenvalue weighted by Crippen LogP contribution is 2.35. The zero-order valence-electron chi connectivity index (χ0n) is 15.0. The lowest BCUT2D eigenvalue weighted by atomic mass is 9.78. The van der Waals surface area contributed by atoms with Gasteiger partial charge >= 0.3 is 11.9 Å². The van der Waals surface area contributed by atoms with Crippen LogP contribution in [0.2, 0.25) is 0 Å². The Bertz CT molecular complexity index is 415. The molecule has 0 aromatic rings. The number of hydrogen-bond donors (Lipinski definition) is 0. The third kappa shape index (κ3) is 5.48. The smallest absolute Gasteiger partial charge is 0.309 e. The summed E-state index contributed by atoms with van der Waals surface area (Å²) in [5, 5.41) is 0. The normalized spacial score (nSPS) is 26.4. The van der Waals surface area contributed by atoms with Crippen LogP contribution in [0.1, 0.15) is 59.8 Å². The van der Waals surface area contributed by atoms with E-state index >= 15 is 0 Å². The van der Waals surface area contributed by atoms with Crippen LogP contribution in [0.25, 0.3) is 0 Å². The third-order valence-corrected chi connectivity index (χ3v) is 4.77. The van der Waals surface area contributed by atoms with E-state index in [0.29, 0.717) is 25.0 Å². The van der Waals surface area contributed by atoms with Crippen LogP contribution in [-0.4, -0.2) is 48.2 Å². The van der Waals surface area contributed by atoms with Gasteiger partial charge in [-0.3, -0.25) is 9.59 Å². The van der Waals surface area contributed by atoms with E-state index in [0.717, 1.165) is 38.8 Å². The lowest BCUT2D eigenvalue weighted by molar-refractivity contribution is -0.157. The zero-order chi connectivity index (χ0) is 17.0. The van der Waals surface area contributed by atoms with Crippen LogP contribution >= 0.6 is 0 Å². The van der Waals surface area contributed by atoms with Gasteiger partial charge < -0.3 is 14.4 Å². The fourth-order valence-corrected chi connectivity index (χ4v) is 3.48. The second-order valence-electron chi connectivity index (χ2n) is 7.84. The van der Waals surface area contributed by atoms with Gasteiger partial charge in [-0.15, -0.1) is 0 Å². The molecule has 0 amide bonds. The van der Waals surface area contributed by atoms with Crippen molar-refractivity contribution in [1.29, 1.82) is 0 Å². The molecule has 2 aliphatic rings. The average molecular weight is 325 g/mol. The summed E-state index contributed by atoms with van der Waals surface area (Å²) in [6, 6.07) is 0.520. The standard InChI is InChI=1S/C18H31NO4/c1-5-22-17(21)14-11-15(12-14)19-8-6-13(7-9-19)10-16(20)23-18(2,3)4/h13-15H,5-12H2,1-4H3. The predicted molar refractivity (Wildman–Crippen MR) is 87.9 cm³/mol. The largest absolute Gasteiger partial charge is 0.466 e. The fourth-order valence-electron chi connectivity index (χ4n) is 3.48. The number of rotatable bonds is 5. The maximum atomic E-state index is 11.9. The van der Waals surface area contributed by atoms with Gasteiger partial charge in [0, 0.05) is 12.5 Å². The van der Waals surface area contributed by atoms with E-state index in [2.05, 4.69) is 4.90 Å². The Kier molecular flexibility index (Phi) is 6.06. The Balaban J connectivity index is 1.65. The summed E-state index contributed by atoms with van der Waals surface area (Å²) in [7, 11) is 0. The second kappa shape index (κ2) is 7.65. The number of carbonyl (C=O) groups is 2. The van der Waals surface area contributed by atoms with Crippen LogP contribution in [0.4, 0.5) is 0 Å². The Morgan fingerprint density at radius 3 is 2.26 bits per heavy atom. The van der Waals surface area contributed by atoms with Crippen molar-refractivity contribution >= 4 is 11.9 Å². The first-order chi connectivity index (χ1) is 10.8. The van der Waals surface area contributed by atoms with Crippen molar-refractivity contribution < 1.29 is 19.1 Å². The summed E-state index contributed by atoms with van der Waals surface area (Å²) in [6.07, 6.45) is 4.46. The van der Waals surface area contributed by atoms with Crippen molar-refractivity contribution in [3.05, 3.63) is 0 Å². The molecule has 1 saturated heterocycles. The van der Waals surface area contributed by atoms with Gasteiger partial charge in [0.2, 0.25) is 0 Å². The predicted octanol–water partition coefficient (Wildman–Crippen LogP) is 2.77. The quantitative estimate of drug-likeness (QED) is 0.728. The molecular formula is C18H31NO4. The molecule has 0 atom stereocenters. The van der Waals surface area contributed by atoms with Crippen LogP contribution in [0, 0.1) is 11.8 Å². The highest BCUT2D eigenvalue weighted by atomic mass is 16.6. The number of carbonyl (C=O) groups excluding carboxylic acids is 2. The molecule has 2 fully saturated rings. The number of piperidine rings is 1. The maximum Gasteiger partial charge on any atom is 0.309 e. The van der Waals surface area contributed by atoms with Crippen molar-refractivity contribution in [2.24, 2.45) is 11.8 Å². The minimum Gasteiger partial charge on any atom is -0.466 e. The molecule has 1 aliphatic heterocycles. The average Bonchev–Trinajstić information content (AvgIpc) is 2.37. The molecule has 0 bridgehead atoms. The third-order valence-electron chi connectivity index (χ3n) is 4.77. The number of nitrogens with zero attached hydrogens (tertiary/aromatic N) is 1. The Labute approximate surface area is 139 Å². The van der Waals surface area contributed by atoms with Crippen LogP contribution < -0.4 is 0 Å². The molecule has 5 heteroatoms. The van der Waals surface area contributed by atoms with Gasteiger partial charge in [0.05, 0.1) is 12.5 Å². The van der Waals surface area contributed by atoms with Crippen molar-refractivity contribution in [2.45, 2.75) is 71.4 Å². The SMILES string of the molecule is CCOC(=O)C1CC(N2CCC(CC(=O)OC(C)(C)C)CC2)C1. The first-order valence-corrected chi connectivity index (χ1v) is 8.91. The monoisotopic (exact) mass is 325 g/mol. The van der Waals surface area contributed by atoms with E-state index in [4.69, 9.17) is 9.47 Å². The van der Waals surface area contributed by atoms with Crippen LogP contribution in [0.15, 0.2) is 0 Å². The molecule has 0 aromatic heterocycles. The molecule has 1 saturated carbocycles. The molecule has 23 heavy (non-hydrogen) atoms. The molecule has 0 spiro atoms. The first kappa shape index (κ1) is 18.2. The van der Waals surface area contributed by atoms with E-state index in [9.17, 15) is 9.59 Å². The molecule has 0 N–H and O–H groups in total. The van der Waals surface area contributed by atoms with E-state index in [1.165, 1.54) is 0 Å². The summed E-state index contributed by atoms with van der Waals surface area (Å²) >= 11 is 0. The van der Waals surface area contributed by atoms with Gasteiger partial charge in [-0.1, -0.05) is 0 Å². The van der Waals surface area contributed by atoms with Crippen molar-refractivity contribution in [3.8, 4) is 0 Å². The minimum atomic E-state index is -0.397. The van der Waals surface area contributed by atoms with Gasteiger partial charge in [-0.25, -0.2) is 0 Å². The lowest BCUT2D eigenvalue weighted by Crippen LogP contribution is -2.50. The van der Waals surface area contributed by atoms with Crippen LogP contribution in [0.5, 0.6) is 0 Å². The van der Waals surface area contributed by atoms with Crippen molar-refractivity contribution in [2.75, 3.05) is 19.7 Å². The van der Waals surface area contributed by atoms with E-state index in [1.807, 2.05) is 27.7 Å². The van der Waals surface area contributed by atoms with E-state index in [1.54, 1.807) is 0 Å². The molecular weight excluding hydrogens is 294 g/mol. The van der Waals surface area contributed by atoms with Crippen molar-refractivity contribution in [1.82, 2.24) is 4.90 Å². The molecule has 0 radical (unpaired) electrons. The molecule has 0 aromatic carbocycles. The summed E-state index contributed by atoms with van der Waals surface area (Å²) < 4.78 is 10.5. The molecule has 132 valence electrons. The zero-order valence-corrected chi connectivity index (χ0v) is 15.0. The summed E-state index contributed by atoms with van der Waals surface area (Å²) in [5.41, 5.74) is -0.397.